The van der Waals surface area contributed by atoms with Crippen LogP contribution in [0.3, 0.4) is 0 Å². The van der Waals surface area contributed by atoms with Crippen molar-refractivity contribution in [2.75, 3.05) is 19.8 Å². The lowest BCUT2D eigenvalue weighted by Gasteiger charge is -2.38. The number of thiazole rings is 1. The van der Waals surface area contributed by atoms with Crippen LogP contribution in [0.2, 0.25) is 0 Å². The molecule has 1 N–H and O–H groups in total. The van der Waals surface area contributed by atoms with Gasteiger partial charge in [0.05, 0.1) is 31.6 Å². The SMILES string of the molecule is CC1(CNC(=O)Cc2csc(-c3ccco3)n2)COC1. The lowest BCUT2D eigenvalue weighted by molar-refractivity contribution is -0.126. The van der Waals surface area contributed by atoms with Crippen molar-refractivity contribution in [2.45, 2.75) is 13.3 Å². The molecule has 0 atom stereocenters. The zero-order valence-electron chi connectivity index (χ0n) is 11.2. The predicted octanol–water partition coefficient (Wildman–Crippen LogP) is 2.10. The van der Waals surface area contributed by atoms with Crippen LogP contribution in [0.25, 0.3) is 10.8 Å². The van der Waals surface area contributed by atoms with Gasteiger partial charge in [0.25, 0.3) is 0 Å². The molecule has 0 aromatic carbocycles. The van der Waals surface area contributed by atoms with Crippen LogP contribution in [0.4, 0.5) is 0 Å². The maximum Gasteiger partial charge on any atom is 0.226 e. The molecular weight excluding hydrogens is 276 g/mol. The fraction of sp³-hybridized carbons (Fsp3) is 0.429. The molecule has 2 aromatic rings. The van der Waals surface area contributed by atoms with Crippen molar-refractivity contribution < 1.29 is 13.9 Å². The number of aromatic nitrogens is 1. The molecule has 1 amide bonds. The average molecular weight is 292 g/mol. The summed E-state index contributed by atoms with van der Waals surface area (Å²) in [6, 6.07) is 3.69. The fourth-order valence-corrected chi connectivity index (χ4v) is 2.78. The molecule has 0 spiro atoms. The third-order valence-electron chi connectivity index (χ3n) is 3.24. The molecule has 1 fully saturated rings. The van der Waals surface area contributed by atoms with Gasteiger partial charge in [0.1, 0.15) is 0 Å². The molecule has 0 saturated carbocycles. The van der Waals surface area contributed by atoms with Gasteiger partial charge in [-0.1, -0.05) is 6.92 Å². The van der Waals surface area contributed by atoms with Crippen molar-refractivity contribution in [1.82, 2.24) is 10.3 Å². The van der Waals surface area contributed by atoms with Crippen LogP contribution in [-0.4, -0.2) is 30.6 Å². The van der Waals surface area contributed by atoms with Gasteiger partial charge in [0, 0.05) is 17.3 Å². The highest BCUT2D eigenvalue weighted by Crippen LogP contribution is 2.26. The van der Waals surface area contributed by atoms with E-state index in [2.05, 4.69) is 17.2 Å². The molecule has 5 nitrogen and oxygen atoms in total. The Morgan fingerprint density at radius 2 is 2.40 bits per heavy atom. The molecule has 0 radical (unpaired) electrons. The highest BCUT2D eigenvalue weighted by molar-refractivity contribution is 7.13. The van der Waals surface area contributed by atoms with E-state index in [1.165, 1.54) is 11.3 Å². The number of hydrogen-bond acceptors (Lipinski definition) is 5. The van der Waals surface area contributed by atoms with Gasteiger partial charge in [-0.15, -0.1) is 11.3 Å². The van der Waals surface area contributed by atoms with Crippen LogP contribution in [0.1, 0.15) is 12.6 Å². The number of nitrogens with zero attached hydrogens (tertiary/aromatic N) is 1. The molecule has 106 valence electrons. The maximum atomic E-state index is 11.9. The minimum atomic E-state index is -0.00517. The van der Waals surface area contributed by atoms with Crippen LogP contribution in [0.15, 0.2) is 28.2 Å². The zero-order valence-corrected chi connectivity index (χ0v) is 12.0. The number of hydrogen-bond donors (Lipinski definition) is 1. The van der Waals surface area contributed by atoms with Gasteiger partial charge in [-0.3, -0.25) is 4.79 Å². The van der Waals surface area contributed by atoms with Crippen molar-refractivity contribution in [2.24, 2.45) is 5.41 Å². The Kier molecular flexibility index (Phi) is 3.58. The first-order chi connectivity index (χ1) is 9.65. The Balaban J connectivity index is 1.54. The van der Waals surface area contributed by atoms with E-state index in [0.717, 1.165) is 16.5 Å². The third kappa shape index (κ3) is 2.91. The summed E-state index contributed by atoms with van der Waals surface area (Å²) in [5, 5.41) is 5.64. The molecule has 2 aromatic heterocycles. The molecule has 0 aliphatic carbocycles. The summed E-state index contributed by atoms with van der Waals surface area (Å²) in [4.78, 5) is 16.3. The smallest absolute Gasteiger partial charge is 0.226 e. The minimum Gasteiger partial charge on any atom is -0.462 e. The second-order valence-electron chi connectivity index (χ2n) is 5.38. The molecule has 1 aliphatic rings. The van der Waals surface area contributed by atoms with Crippen LogP contribution in [0, 0.1) is 5.41 Å². The first-order valence-corrected chi connectivity index (χ1v) is 7.35. The lowest BCUT2D eigenvalue weighted by atomic mass is 9.89. The summed E-state index contributed by atoms with van der Waals surface area (Å²) >= 11 is 1.48. The van der Waals surface area contributed by atoms with Gasteiger partial charge in [-0.05, 0) is 12.1 Å². The van der Waals surface area contributed by atoms with E-state index in [1.807, 2.05) is 17.5 Å². The Labute approximate surface area is 121 Å². The summed E-state index contributed by atoms with van der Waals surface area (Å²) in [6.07, 6.45) is 1.92. The molecule has 3 heterocycles. The van der Waals surface area contributed by atoms with Crippen molar-refractivity contribution in [3.8, 4) is 10.8 Å². The first-order valence-electron chi connectivity index (χ1n) is 6.47. The summed E-state index contributed by atoms with van der Waals surface area (Å²) in [6.45, 7) is 4.19. The average Bonchev–Trinajstić information content (AvgIpc) is 3.04. The van der Waals surface area contributed by atoms with E-state index >= 15 is 0 Å². The number of ether oxygens (including phenoxy) is 1. The topological polar surface area (TPSA) is 64.4 Å². The van der Waals surface area contributed by atoms with Crippen molar-refractivity contribution >= 4 is 17.2 Å². The summed E-state index contributed by atoms with van der Waals surface area (Å²) in [5.74, 6) is 0.732. The molecule has 20 heavy (non-hydrogen) atoms. The van der Waals surface area contributed by atoms with Crippen LogP contribution in [0.5, 0.6) is 0 Å². The van der Waals surface area contributed by atoms with E-state index < -0.39 is 0 Å². The number of nitrogens with one attached hydrogen (secondary N) is 1. The summed E-state index contributed by atoms with van der Waals surface area (Å²) in [7, 11) is 0. The number of furan rings is 1. The van der Waals surface area contributed by atoms with Crippen molar-refractivity contribution in [3.63, 3.8) is 0 Å². The lowest BCUT2D eigenvalue weighted by Crippen LogP contribution is -2.48. The minimum absolute atomic E-state index is 0.00517. The van der Waals surface area contributed by atoms with Gasteiger partial charge >= 0.3 is 0 Å². The quantitative estimate of drug-likeness (QED) is 0.916. The maximum absolute atomic E-state index is 11.9. The van der Waals surface area contributed by atoms with Crippen molar-refractivity contribution in [1.29, 1.82) is 0 Å². The number of carbonyl (C=O) groups is 1. The fourth-order valence-electron chi connectivity index (χ4n) is 1.99. The Morgan fingerprint density at radius 1 is 1.55 bits per heavy atom. The highest BCUT2D eigenvalue weighted by Gasteiger charge is 2.33. The van der Waals surface area contributed by atoms with Crippen LogP contribution in [-0.2, 0) is 16.0 Å². The normalized spacial score (nSPS) is 16.6. The monoisotopic (exact) mass is 292 g/mol. The second-order valence-corrected chi connectivity index (χ2v) is 6.24. The van der Waals surface area contributed by atoms with Gasteiger partial charge in [-0.25, -0.2) is 4.98 Å². The Bertz CT molecular complexity index is 587. The van der Waals surface area contributed by atoms with E-state index in [4.69, 9.17) is 9.15 Å². The number of carbonyl (C=O) groups excluding carboxylic acids is 1. The number of amides is 1. The van der Waals surface area contributed by atoms with Crippen molar-refractivity contribution in [3.05, 3.63) is 29.5 Å². The van der Waals surface area contributed by atoms with Gasteiger partial charge in [0.2, 0.25) is 5.91 Å². The summed E-state index contributed by atoms with van der Waals surface area (Å²) in [5.41, 5.74) is 0.866. The van der Waals surface area contributed by atoms with E-state index in [1.54, 1.807) is 6.26 Å². The molecule has 3 rings (SSSR count). The zero-order chi connectivity index (χ0) is 14.0. The van der Waals surface area contributed by atoms with Gasteiger partial charge in [-0.2, -0.15) is 0 Å². The second kappa shape index (κ2) is 5.38. The Hall–Kier alpha value is -1.66. The largest absolute Gasteiger partial charge is 0.462 e. The van der Waals surface area contributed by atoms with Crippen LogP contribution >= 0.6 is 11.3 Å². The molecular formula is C14H16N2O3S. The van der Waals surface area contributed by atoms with Gasteiger partial charge in [0.15, 0.2) is 10.8 Å². The first kappa shape index (κ1) is 13.3. The third-order valence-corrected chi connectivity index (χ3v) is 4.14. The van der Waals surface area contributed by atoms with E-state index in [0.29, 0.717) is 26.2 Å². The molecule has 1 aliphatic heterocycles. The highest BCUT2D eigenvalue weighted by atomic mass is 32.1. The van der Waals surface area contributed by atoms with E-state index in [9.17, 15) is 4.79 Å². The predicted molar refractivity (Wildman–Crippen MR) is 75.5 cm³/mol. The summed E-state index contributed by atoms with van der Waals surface area (Å²) < 4.78 is 10.4. The van der Waals surface area contributed by atoms with Crippen LogP contribution < -0.4 is 5.32 Å². The molecule has 1 saturated heterocycles. The molecule has 0 bridgehead atoms. The molecule has 0 unspecified atom stereocenters. The van der Waals surface area contributed by atoms with E-state index in [-0.39, 0.29) is 11.3 Å². The number of rotatable bonds is 5. The Morgan fingerprint density at radius 3 is 3.05 bits per heavy atom. The molecule has 6 heteroatoms. The van der Waals surface area contributed by atoms with Gasteiger partial charge < -0.3 is 14.5 Å². The standard InChI is InChI=1S/C14H16N2O3S/c1-14(8-18-9-14)7-15-12(17)5-10-6-20-13(16-10)11-3-2-4-19-11/h2-4,6H,5,7-9H2,1H3,(H,15,17).